The highest BCUT2D eigenvalue weighted by atomic mass is 127. The van der Waals surface area contributed by atoms with Gasteiger partial charge in [0.2, 0.25) is 0 Å². The average molecular weight is 487 g/mol. The van der Waals surface area contributed by atoms with Gasteiger partial charge in [0.25, 0.3) is 0 Å². The van der Waals surface area contributed by atoms with Gasteiger partial charge in [-0.2, -0.15) is 5.10 Å². The van der Waals surface area contributed by atoms with Crippen LogP contribution in [0.25, 0.3) is 0 Å². The minimum atomic E-state index is 0. The zero-order chi connectivity index (χ0) is 18.8. The van der Waals surface area contributed by atoms with E-state index in [2.05, 4.69) is 26.4 Å². The van der Waals surface area contributed by atoms with Crippen molar-refractivity contribution < 1.29 is 9.47 Å². The molecule has 0 unspecified atom stereocenters. The van der Waals surface area contributed by atoms with Crippen molar-refractivity contribution in [1.82, 2.24) is 20.0 Å². The van der Waals surface area contributed by atoms with E-state index >= 15 is 0 Å². The average Bonchev–Trinajstić information content (AvgIpc) is 3.19. The van der Waals surface area contributed by atoms with Crippen molar-refractivity contribution in [2.75, 3.05) is 41.4 Å². The highest BCUT2D eigenvalue weighted by Gasteiger charge is 2.08. The maximum atomic E-state index is 5.37. The van der Waals surface area contributed by atoms with Crippen molar-refractivity contribution in [3.63, 3.8) is 0 Å². The summed E-state index contributed by atoms with van der Waals surface area (Å²) in [4.78, 5) is 6.49. The van der Waals surface area contributed by atoms with E-state index in [-0.39, 0.29) is 24.0 Å². The molecule has 0 fully saturated rings. The molecule has 0 atom stereocenters. The predicted octanol–water partition coefficient (Wildman–Crippen LogP) is 2.66. The van der Waals surface area contributed by atoms with Crippen LogP contribution in [0.2, 0.25) is 0 Å². The van der Waals surface area contributed by atoms with Gasteiger partial charge >= 0.3 is 0 Å². The lowest BCUT2D eigenvalue weighted by molar-refractivity contribution is 0.354. The molecule has 1 aromatic carbocycles. The van der Waals surface area contributed by atoms with Gasteiger partial charge < -0.3 is 19.7 Å². The number of likely N-dealkylation sites (N-methyl/N-ethyl adjacent to an activating group) is 1. The largest absolute Gasteiger partial charge is 0.493 e. The fourth-order valence-corrected chi connectivity index (χ4v) is 2.70. The molecule has 7 nitrogen and oxygen atoms in total. The maximum Gasteiger partial charge on any atom is 0.193 e. The topological polar surface area (TPSA) is 63.9 Å². The third-order valence-corrected chi connectivity index (χ3v) is 4.16. The van der Waals surface area contributed by atoms with E-state index in [4.69, 9.17) is 9.47 Å². The Bertz CT molecular complexity index is 691. The molecule has 150 valence electrons. The SMILES string of the molecule is CN=C(NCCCn1cccn1)N(C)CCc1ccc(OC)c(OC)c1.I. The molecular formula is C19H30IN5O2. The summed E-state index contributed by atoms with van der Waals surface area (Å²) in [6.45, 7) is 2.61. The van der Waals surface area contributed by atoms with Crippen molar-refractivity contribution in [1.29, 1.82) is 0 Å². The summed E-state index contributed by atoms with van der Waals surface area (Å²) >= 11 is 0. The molecule has 1 aromatic heterocycles. The first-order valence-electron chi connectivity index (χ1n) is 8.78. The van der Waals surface area contributed by atoms with Crippen LogP contribution in [0.4, 0.5) is 0 Å². The van der Waals surface area contributed by atoms with Crippen molar-refractivity contribution in [3.05, 3.63) is 42.2 Å². The molecular weight excluding hydrogens is 457 g/mol. The fraction of sp³-hybridized carbons (Fsp3) is 0.474. The van der Waals surface area contributed by atoms with Crippen LogP contribution in [0, 0.1) is 0 Å². The van der Waals surface area contributed by atoms with Crippen LogP contribution in [-0.2, 0) is 13.0 Å². The predicted molar refractivity (Wildman–Crippen MR) is 120 cm³/mol. The van der Waals surface area contributed by atoms with Gasteiger partial charge in [0.15, 0.2) is 17.5 Å². The number of guanidine groups is 1. The number of aromatic nitrogens is 2. The van der Waals surface area contributed by atoms with Crippen LogP contribution in [-0.4, -0.2) is 62.0 Å². The van der Waals surface area contributed by atoms with Crippen molar-refractivity contribution >= 4 is 29.9 Å². The molecule has 0 aliphatic heterocycles. The Labute approximate surface area is 178 Å². The molecule has 0 saturated carbocycles. The molecule has 2 rings (SSSR count). The number of nitrogens with zero attached hydrogens (tertiary/aromatic N) is 4. The Morgan fingerprint density at radius 3 is 2.67 bits per heavy atom. The zero-order valence-corrected chi connectivity index (χ0v) is 18.8. The first-order valence-corrected chi connectivity index (χ1v) is 8.78. The number of halogens is 1. The molecule has 0 amide bonds. The first kappa shape index (κ1) is 23.1. The number of aliphatic imine (C=N–C) groups is 1. The summed E-state index contributed by atoms with van der Waals surface area (Å²) in [7, 11) is 7.16. The second-order valence-electron chi connectivity index (χ2n) is 5.96. The van der Waals surface area contributed by atoms with Crippen LogP contribution in [0.5, 0.6) is 11.5 Å². The number of hydrogen-bond acceptors (Lipinski definition) is 4. The number of rotatable bonds is 9. The van der Waals surface area contributed by atoms with E-state index in [1.54, 1.807) is 20.4 Å². The minimum Gasteiger partial charge on any atom is -0.493 e. The zero-order valence-electron chi connectivity index (χ0n) is 16.5. The molecule has 0 bridgehead atoms. The van der Waals surface area contributed by atoms with E-state index in [1.807, 2.05) is 43.2 Å². The molecule has 27 heavy (non-hydrogen) atoms. The molecule has 0 saturated heterocycles. The Morgan fingerprint density at radius 1 is 1.26 bits per heavy atom. The summed E-state index contributed by atoms with van der Waals surface area (Å²) in [5.41, 5.74) is 1.20. The molecule has 8 heteroatoms. The Balaban J connectivity index is 0.00000364. The van der Waals surface area contributed by atoms with Gasteiger partial charge in [0, 0.05) is 46.1 Å². The van der Waals surface area contributed by atoms with Gasteiger partial charge in [-0.25, -0.2) is 0 Å². The van der Waals surface area contributed by atoms with E-state index in [0.717, 1.165) is 49.9 Å². The summed E-state index contributed by atoms with van der Waals surface area (Å²) in [5, 5.41) is 7.61. The normalized spacial score (nSPS) is 10.9. The van der Waals surface area contributed by atoms with Gasteiger partial charge in [-0.05, 0) is 36.6 Å². The van der Waals surface area contributed by atoms with Gasteiger partial charge in [-0.3, -0.25) is 9.67 Å². The highest BCUT2D eigenvalue weighted by molar-refractivity contribution is 14.0. The minimum absolute atomic E-state index is 0. The van der Waals surface area contributed by atoms with Crippen LogP contribution >= 0.6 is 24.0 Å². The Morgan fingerprint density at radius 2 is 2.04 bits per heavy atom. The van der Waals surface area contributed by atoms with Crippen LogP contribution < -0.4 is 14.8 Å². The third kappa shape index (κ3) is 7.28. The maximum absolute atomic E-state index is 5.37. The molecule has 1 heterocycles. The summed E-state index contributed by atoms with van der Waals surface area (Å²) < 4.78 is 12.6. The quantitative estimate of drug-likeness (QED) is 0.255. The lowest BCUT2D eigenvalue weighted by Crippen LogP contribution is -2.40. The number of nitrogens with one attached hydrogen (secondary N) is 1. The number of benzene rings is 1. The summed E-state index contributed by atoms with van der Waals surface area (Å²) in [6.07, 6.45) is 5.66. The number of aryl methyl sites for hydroxylation is 1. The van der Waals surface area contributed by atoms with Crippen LogP contribution in [0.1, 0.15) is 12.0 Å². The molecule has 0 aliphatic carbocycles. The molecule has 0 aliphatic rings. The van der Waals surface area contributed by atoms with Crippen LogP contribution in [0.15, 0.2) is 41.7 Å². The summed E-state index contributed by atoms with van der Waals surface area (Å²) in [5.74, 6) is 2.40. The molecule has 0 radical (unpaired) electrons. The Hall–Kier alpha value is -1.97. The van der Waals surface area contributed by atoms with Gasteiger partial charge in [-0.1, -0.05) is 6.07 Å². The van der Waals surface area contributed by atoms with E-state index in [9.17, 15) is 0 Å². The molecule has 1 N–H and O–H groups in total. The van der Waals surface area contributed by atoms with Gasteiger partial charge in [0.1, 0.15) is 0 Å². The lowest BCUT2D eigenvalue weighted by atomic mass is 10.1. The van der Waals surface area contributed by atoms with Crippen molar-refractivity contribution in [2.45, 2.75) is 19.4 Å². The van der Waals surface area contributed by atoms with E-state index < -0.39 is 0 Å². The first-order chi connectivity index (χ1) is 12.7. The second-order valence-corrected chi connectivity index (χ2v) is 5.96. The van der Waals surface area contributed by atoms with Crippen molar-refractivity contribution in [3.8, 4) is 11.5 Å². The van der Waals surface area contributed by atoms with E-state index in [0.29, 0.717) is 0 Å². The van der Waals surface area contributed by atoms with Crippen molar-refractivity contribution in [2.24, 2.45) is 4.99 Å². The standard InChI is InChI=1S/C19H29N5O2.HI/c1-20-19(21-10-5-12-24-13-6-11-22-24)23(2)14-9-16-7-8-17(25-3)18(15-16)26-4;/h6-8,11,13,15H,5,9-10,12,14H2,1-4H3,(H,20,21);1H. The summed E-state index contributed by atoms with van der Waals surface area (Å²) in [6, 6.07) is 7.97. The second kappa shape index (κ2) is 12.4. The van der Waals surface area contributed by atoms with Gasteiger partial charge in [-0.15, -0.1) is 24.0 Å². The number of hydrogen-bond donors (Lipinski definition) is 1. The number of methoxy groups -OCH3 is 2. The van der Waals surface area contributed by atoms with E-state index in [1.165, 1.54) is 5.56 Å². The van der Waals surface area contributed by atoms with Crippen LogP contribution in [0.3, 0.4) is 0 Å². The van der Waals surface area contributed by atoms with Gasteiger partial charge in [0.05, 0.1) is 14.2 Å². The number of ether oxygens (including phenoxy) is 2. The third-order valence-electron chi connectivity index (χ3n) is 4.16. The smallest absolute Gasteiger partial charge is 0.193 e. The lowest BCUT2D eigenvalue weighted by Gasteiger charge is -2.22. The fourth-order valence-electron chi connectivity index (χ4n) is 2.70. The Kier molecular flexibility index (Phi) is 10.6. The molecule has 0 spiro atoms. The monoisotopic (exact) mass is 487 g/mol. The molecule has 2 aromatic rings. The highest BCUT2D eigenvalue weighted by Crippen LogP contribution is 2.27.